The molecule has 25 heavy (non-hydrogen) atoms. The molecule has 2 fully saturated rings. The lowest BCUT2D eigenvalue weighted by molar-refractivity contribution is 0.0735. The van der Waals surface area contributed by atoms with Crippen LogP contribution in [-0.4, -0.2) is 56.9 Å². The van der Waals surface area contributed by atoms with Crippen LogP contribution in [0, 0.1) is 5.41 Å². The number of aromatic amines is 1. The highest BCUT2D eigenvalue weighted by Crippen LogP contribution is 2.48. The van der Waals surface area contributed by atoms with Gasteiger partial charge in [-0.3, -0.25) is 4.79 Å². The van der Waals surface area contributed by atoms with Gasteiger partial charge in [0.25, 0.3) is 5.91 Å². The molecular weight excluding hydrogens is 336 g/mol. The molecule has 1 saturated heterocycles. The van der Waals surface area contributed by atoms with Crippen LogP contribution in [0.15, 0.2) is 29.5 Å². The Morgan fingerprint density at radius 2 is 2.12 bits per heavy atom. The predicted molar refractivity (Wildman–Crippen MR) is 95.8 cm³/mol. The average Bonchev–Trinajstić information content (AvgIpc) is 3.03. The quantitative estimate of drug-likeness (QED) is 0.763. The van der Waals surface area contributed by atoms with Gasteiger partial charge >= 0.3 is 0 Å². The van der Waals surface area contributed by atoms with E-state index in [0.29, 0.717) is 12.2 Å². The van der Waals surface area contributed by atoms with Gasteiger partial charge in [-0.1, -0.05) is 0 Å². The van der Waals surface area contributed by atoms with Crippen LogP contribution in [0.25, 0.3) is 11.0 Å². The summed E-state index contributed by atoms with van der Waals surface area (Å²) in [7, 11) is 0. The Morgan fingerprint density at radius 3 is 2.92 bits per heavy atom. The fraction of sp³-hybridized carbons (Fsp3) is 0.412. The predicted octanol–water partition coefficient (Wildman–Crippen LogP) is 2.16. The van der Waals surface area contributed by atoms with Gasteiger partial charge in [-0.2, -0.15) is 0 Å². The van der Waals surface area contributed by atoms with Gasteiger partial charge in [0.15, 0.2) is 0 Å². The van der Waals surface area contributed by atoms with Crippen LogP contribution in [0.2, 0.25) is 0 Å². The molecule has 0 bridgehead atoms. The van der Waals surface area contributed by atoms with E-state index in [1.54, 1.807) is 11.8 Å². The fourth-order valence-electron chi connectivity index (χ4n) is 3.70. The van der Waals surface area contributed by atoms with E-state index in [-0.39, 0.29) is 11.3 Å². The Labute approximate surface area is 148 Å². The third-order valence-corrected chi connectivity index (χ3v) is 5.81. The Bertz CT molecular complexity index is 916. The molecule has 1 aliphatic heterocycles. The van der Waals surface area contributed by atoms with Crippen molar-refractivity contribution in [3.8, 4) is 0 Å². The van der Waals surface area contributed by atoms with Crippen molar-refractivity contribution in [3.05, 3.63) is 35.2 Å². The number of H-pyrrole nitrogens is 1. The average molecular weight is 354 g/mol. The summed E-state index contributed by atoms with van der Waals surface area (Å²) in [5.74, 6) is 1.00. The lowest BCUT2D eigenvalue weighted by atomic mass is 10.1. The highest BCUT2D eigenvalue weighted by Gasteiger charge is 2.48. The van der Waals surface area contributed by atoms with Crippen molar-refractivity contribution in [1.29, 1.82) is 0 Å². The molecule has 1 saturated carbocycles. The van der Waals surface area contributed by atoms with Crippen LogP contribution in [-0.2, 0) is 0 Å². The van der Waals surface area contributed by atoms with Crippen LogP contribution in [0.4, 0.5) is 5.82 Å². The minimum Gasteiger partial charge on any atom is -0.354 e. The van der Waals surface area contributed by atoms with Gasteiger partial charge in [0.2, 0.25) is 0 Å². The minimum absolute atomic E-state index is 0.0452. The number of carbonyl (C=O) groups is 1. The summed E-state index contributed by atoms with van der Waals surface area (Å²) in [4.78, 5) is 33.2. The monoisotopic (exact) mass is 354 g/mol. The van der Waals surface area contributed by atoms with Crippen molar-refractivity contribution in [3.63, 3.8) is 0 Å². The van der Waals surface area contributed by atoms with Crippen molar-refractivity contribution in [2.75, 3.05) is 31.1 Å². The number of nitrogens with zero attached hydrogens (tertiary/aromatic N) is 5. The number of amides is 1. The molecule has 1 aliphatic carbocycles. The van der Waals surface area contributed by atoms with Crippen LogP contribution < -0.4 is 4.90 Å². The smallest absolute Gasteiger partial charge is 0.273 e. The molecule has 1 N–H and O–H groups in total. The van der Waals surface area contributed by atoms with Gasteiger partial charge < -0.3 is 14.8 Å². The highest BCUT2D eigenvalue weighted by atomic mass is 32.1. The number of thiazole rings is 1. The van der Waals surface area contributed by atoms with Gasteiger partial charge in [-0.15, -0.1) is 11.3 Å². The lowest BCUT2D eigenvalue weighted by Crippen LogP contribution is -2.36. The first kappa shape index (κ1) is 14.8. The molecule has 4 heterocycles. The largest absolute Gasteiger partial charge is 0.354 e. The summed E-state index contributed by atoms with van der Waals surface area (Å²) < 4.78 is 0. The summed E-state index contributed by atoms with van der Waals surface area (Å²) in [5, 5.41) is 2.87. The molecule has 0 atom stereocenters. The number of carbonyl (C=O) groups excluding carboxylic acids is 1. The van der Waals surface area contributed by atoms with Crippen molar-refractivity contribution < 1.29 is 4.79 Å². The third kappa shape index (κ3) is 2.57. The van der Waals surface area contributed by atoms with Gasteiger partial charge in [-0.25, -0.2) is 15.0 Å². The number of rotatable bonds is 2. The maximum atomic E-state index is 12.8. The molecule has 1 amide bonds. The van der Waals surface area contributed by atoms with Gasteiger partial charge in [0.05, 0.1) is 10.9 Å². The first-order valence-corrected chi connectivity index (χ1v) is 9.39. The maximum absolute atomic E-state index is 12.8. The summed E-state index contributed by atoms with van der Waals surface area (Å²) in [5.41, 5.74) is 3.32. The molecule has 8 heteroatoms. The van der Waals surface area contributed by atoms with E-state index in [0.717, 1.165) is 49.3 Å². The number of aromatic nitrogens is 4. The van der Waals surface area contributed by atoms with E-state index >= 15 is 0 Å². The summed E-state index contributed by atoms with van der Waals surface area (Å²) in [6.45, 7) is 3.20. The van der Waals surface area contributed by atoms with Crippen LogP contribution in [0.1, 0.15) is 23.3 Å². The lowest BCUT2D eigenvalue weighted by Gasteiger charge is -2.25. The Balaban J connectivity index is 1.45. The van der Waals surface area contributed by atoms with Crippen LogP contribution >= 0.6 is 11.3 Å². The van der Waals surface area contributed by atoms with Gasteiger partial charge in [-0.05, 0) is 18.9 Å². The molecule has 0 radical (unpaired) electrons. The second-order valence-electron chi connectivity index (χ2n) is 6.96. The fourth-order valence-corrected chi connectivity index (χ4v) is 4.22. The maximum Gasteiger partial charge on any atom is 0.273 e. The molecule has 0 aromatic carbocycles. The second-order valence-corrected chi connectivity index (χ2v) is 7.68. The molecule has 1 spiro atoms. The molecule has 128 valence electrons. The van der Waals surface area contributed by atoms with E-state index < -0.39 is 0 Å². The third-order valence-electron chi connectivity index (χ3n) is 5.22. The van der Waals surface area contributed by atoms with Crippen molar-refractivity contribution >= 4 is 34.1 Å². The zero-order chi connectivity index (χ0) is 16.9. The van der Waals surface area contributed by atoms with Crippen molar-refractivity contribution in [1.82, 2.24) is 24.8 Å². The Kier molecular flexibility index (Phi) is 3.27. The first-order valence-electron chi connectivity index (χ1n) is 8.45. The second kappa shape index (κ2) is 5.52. The topological polar surface area (TPSA) is 78.0 Å². The highest BCUT2D eigenvalue weighted by molar-refractivity contribution is 7.07. The summed E-state index contributed by atoms with van der Waals surface area (Å²) in [6.07, 6.45) is 5.82. The Morgan fingerprint density at radius 1 is 1.20 bits per heavy atom. The molecule has 3 aromatic rings. The molecule has 5 rings (SSSR count). The van der Waals surface area contributed by atoms with E-state index in [1.165, 1.54) is 11.3 Å². The summed E-state index contributed by atoms with van der Waals surface area (Å²) in [6, 6.07) is 2.02. The van der Waals surface area contributed by atoms with Crippen molar-refractivity contribution in [2.24, 2.45) is 5.41 Å². The standard InChI is InChI=1S/C17H18N6OS/c24-16(13-7-25-11-21-13)23-6-5-22(8-17(9-23)2-3-17)15-12-1-4-18-14(12)19-10-20-15/h1,4,7,10-11H,2-3,5-6,8-9H2,(H,18,19,20). The normalized spacial score (nSPS) is 19.4. The van der Waals surface area contributed by atoms with E-state index in [9.17, 15) is 4.79 Å². The number of anilines is 1. The number of hydrogen-bond donors (Lipinski definition) is 1. The van der Waals surface area contributed by atoms with Crippen LogP contribution in [0.5, 0.6) is 0 Å². The number of fused-ring (bicyclic) bond motifs is 1. The number of nitrogens with one attached hydrogen (secondary N) is 1. The Hall–Kier alpha value is -2.48. The molecule has 2 aliphatic rings. The minimum atomic E-state index is 0.0452. The molecule has 7 nitrogen and oxygen atoms in total. The molecule has 0 unspecified atom stereocenters. The number of hydrogen-bond acceptors (Lipinski definition) is 6. The first-order chi connectivity index (χ1) is 12.2. The summed E-state index contributed by atoms with van der Waals surface area (Å²) >= 11 is 1.46. The van der Waals surface area contributed by atoms with Crippen LogP contribution in [0.3, 0.4) is 0 Å². The SMILES string of the molecule is O=C(c1cscn1)N1CCN(c2ncnc3[nH]ccc23)CC2(CC2)C1. The zero-order valence-electron chi connectivity index (χ0n) is 13.7. The van der Waals surface area contributed by atoms with Gasteiger partial charge in [0.1, 0.15) is 23.5 Å². The van der Waals surface area contributed by atoms with E-state index in [4.69, 9.17) is 0 Å². The van der Waals surface area contributed by atoms with E-state index in [2.05, 4.69) is 24.8 Å². The molecular formula is C17H18N6OS. The molecule has 3 aromatic heterocycles. The van der Waals surface area contributed by atoms with Gasteiger partial charge in [0, 0.05) is 43.2 Å². The zero-order valence-corrected chi connectivity index (χ0v) is 14.5. The van der Waals surface area contributed by atoms with E-state index in [1.807, 2.05) is 22.5 Å². The van der Waals surface area contributed by atoms with Crippen molar-refractivity contribution in [2.45, 2.75) is 12.8 Å².